The van der Waals surface area contributed by atoms with Gasteiger partial charge in [0.1, 0.15) is 5.15 Å². The SMILES string of the molecule is Clc1ccc(CN2CCN(Cc3ccc4c(c3)OCO4)CC2)cn1. The average Bonchev–Trinajstić information content (AvgIpc) is 3.06. The van der Waals surface area contributed by atoms with Crippen molar-refractivity contribution < 1.29 is 9.47 Å². The van der Waals surface area contributed by atoms with Crippen LogP contribution in [-0.2, 0) is 13.1 Å². The highest BCUT2D eigenvalue weighted by atomic mass is 35.5. The lowest BCUT2D eigenvalue weighted by molar-refractivity contribution is 0.122. The second kappa shape index (κ2) is 6.97. The lowest BCUT2D eigenvalue weighted by Crippen LogP contribution is -2.45. The number of ether oxygens (including phenoxy) is 2. The van der Waals surface area contributed by atoms with Crippen LogP contribution < -0.4 is 9.47 Å². The molecule has 0 spiro atoms. The van der Waals surface area contributed by atoms with Crippen molar-refractivity contribution >= 4 is 11.6 Å². The maximum absolute atomic E-state index is 5.84. The topological polar surface area (TPSA) is 37.8 Å². The Hall–Kier alpha value is -1.82. The largest absolute Gasteiger partial charge is 0.454 e. The lowest BCUT2D eigenvalue weighted by Gasteiger charge is -2.34. The maximum atomic E-state index is 5.84. The van der Waals surface area contributed by atoms with Gasteiger partial charge in [0.2, 0.25) is 6.79 Å². The molecule has 4 rings (SSSR count). The van der Waals surface area contributed by atoms with Gasteiger partial charge in [0, 0.05) is 45.5 Å². The van der Waals surface area contributed by atoms with Crippen molar-refractivity contribution in [2.75, 3.05) is 33.0 Å². The number of benzene rings is 1. The van der Waals surface area contributed by atoms with Gasteiger partial charge < -0.3 is 9.47 Å². The molecule has 2 aliphatic heterocycles. The number of hydrogen-bond donors (Lipinski definition) is 0. The van der Waals surface area contributed by atoms with Crippen molar-refractivity contribution in [1.29, 1.82) is 0 Å². The summed E-state index contributed by atoms with van der Waals surface area (Å²) in [6.45, 7) is 6.47. The molecule has 126 valence electrons. The summed E-state index contributed by atoms with van der Waals surface area (Å²) >= 11 is 5.84. The number of aromatic nitrogens is 1. The molecule has 0 N–H and O–H groups in total. The maximum Gasteiger partial charge on any atom is 0.231 e. The molecule has 1 fully saturated rings. The molecule has 0 aliphatic carbocycles. The molecule has 24 heavy (non-hydrogen) atoms. The van der Waals surface area contributed by atoms with Crippen LogP contribution in [0.15, 0.2) is 36.5 Å². The molecule has 1 aromatic carbocycles. The second-order valence-corrected chi connectivity index (χ2v) is 6.62. The van der Waals surface area contributed by atoms with E-state index in [1.807, 2.05) is 24.4 Å². The lowest BCUT2D eigenvalue weighted by atomic mass is 10.1. The smallest absolute Gasteiger partial charge is 0.231 e. The summed E-state index contributed by atoms with van der Waals surface area (Å²) in [5.74, 6) is 1.71. The number of hydrogen-bond acceptors (Lipinski definition) is 5. The van der Waals surface area contributed by atoms with E-state index >= 15 is 0 Å². The molecule has 0 saturated carbocycles. The van der Waals surface area contributed by atoms with Gasteiger partial charge >= 0.3 is 0 Å². The van der Waals surface area contributed by atoms with Gasteiger partial charge in [-0.2, -0.15) is 0 Å². The standard InChI is InChI=1S/C18H20ClN3O2/c19-18-4-2-15(10-20-18)12-22-7-5-21(6-8-22)11-14-1-3-16-17(9-14)24-13-23-16/h1-4,9-10H,5-8,11-13H2. The van der Waals surface area contributed by atoms with E-state index in [1.165, 1.54) is 11.1 Å². The zero-order valence-corrected chi connectivity index (χ0v) is 14.2. The minimum Gasteiger partial charge on any atom is -0.454 e. The number of rotatable bonds is 4. The Labute approximate surface area is 146 Å². The Morgan fingerprint density at radius 1 is 0.875 bits per heavy atom. The van der Waals surface area contributed by atoms with Crippen molar-refractivity contribution in [2.24, 2.45) is 0 Å². The molecule has 5 nitrogen and oxygen atoms in total. The van der Waals surface area contributed by atoms with Crippen LogP contribution in [0.4, 0.5) is 0 Å². The van der Waals surface area contributed by atoms with E-state index in [0.29, 0.717) is 11.9 Å². The molecule has 2 aliphatic rings. The van der Waals surface area contributed by atoms with Crippen LogP contribution in [0.25, 0.3) is 0 Å². The average molecular weight is 346 g/mol. The second-order valence-electron chi connectivity index (χ2n) is 6.23. The molecular weight excluding hydrogens is 326 g/mol. The number of pyridine rings is 1. The first-order valence-electron chi connectivity index (χ1n) is 8.20. The van der Waals surface area contributed by atoms with Crippen molar-refractivity contribution in [1.82, 2.24) is 14.8 Å². The molecule has 0 atom stereocenters. The Morgan fingerprint density at radius 2 is 1.54 bits per heavy atom. The quantitative estimate of drug-likeness (QED) is 0.797. The zero-order chi connectivity index (χ0) is 16.4. The summed E-state index contributed by atoms with van der Waals surface area (Å²) < 4.78 is 10.8. The summed E-state index contributed by atoms with van der Waals surface area (Å²) in [6.07, 6.45) is 1.86. The van der Waals surface area contributed by atoms with E-state index in [-0.39, 0.29) is 0 Å². The Balaban J connectivity index is 1.29. The summed E-state index contributed by atoms with van der Waals surface area (Å²) in [6, 6.07) is 10.1. The third-order valence-corrected chi connectivity index (χ3v) is 4.73. The zero-order valence-electron chi connectivity index (χ0n) is 13.4. The first-order valence-corrected chi connectivity index (χ1v) is 8.58. The predicted molar refractivity (Wildman–Crippen MR) is 92.4 cm³/mol. The molecule has 0 unspecified atom stereocenters. The van der Waals surface area contributed by atoms with Gasteiger partial charge in [-0.05, 0) is 29.3 Å². The highest BCUT2D eigenvalue weighted by Crippen LogP contribution is 2.32. The first kappa shape index (κ1) is 15.7. The third kappa shape index (κ3) is 3.64. The normalized spacial score (nSPS) is 18.0. The molecule has 0 amide bonds. The molecule has 0 bridgehead atoms. The van der Waals surface area contributed by atoms with Gasteiger partial charge in [-0.1, -0.05) is 23.7 Å². The van der Waals surface area contributed by atoms with Crippen LogP contribution in [0.1, 0.15) is 11.1 Å². The Bertz CT molecular complexity index is 700. The summed E-state index contributed by atoms with van der Waals surface area (Å²) in [5, 5.41) is 0.548. The van der Waals surface area contributed by atoms with Gasteiger partial charge in [-0.25, -0.2) is 4.98 Å². The van der Waals surface area contributed by atoms with Crippen molar-refractivity contribution in [3.63, 3.8) is 0 Å². The Kier molecular flexibility index (Phi) is 4.56. The van der Waals surface area contributed by atoms with Crippen molar-refractivity contribution in [3.8, 4) is 11.5 Å². The minimum absolute atomic E-state index is 0.330. The van der Waals surface area contributed by atoms with E-state index in [0.717, 1.165) is 50.8 Å². The van der Waals surface area contributed by atoms with E-state index in [9.17, 15) is 0 Å². The number of piperazine rings is 1. The van der Waals surface area contributed by atoms with Crippen molar-refractivity contribution in [2.45, 2.75) is 13.1 Å². The van der Waals surface area contributed by atoms with Gasteiger partial charge in [0.15, 0.2) is 11.5 Å². The van der Waals surface area contributed by atoms with E-state index < -0.39 is 0 Å². The predicted octanol–water partition coefficient (Wildman–Crippen LogP) is 2.78. The van der Waals surface area contributed by atoms with Crippen LogP contribution in [0.5, 0.6) is 11.5 Å². The van der Waals surface area contributed by atoms with Gasteiger partial charge in [0.05, 0.1) is 0 Å². The molecule has 1 saturated heterocycles. The van der Waals surface area contributed by atoms with Crippen LogP contribution >= 0.6 is 11.6 Å². The molecular formula is C18H20ClN3O2. The molecule has 0 radical (unpaired) electrons. The fourth-order valence-corrected chi connectivity index (χ4v) is 3.27. The van der Waals surface area contributed by atoms with Gasteiger partial charge in [-0.15, -0.1) is 0 Å². The van der Waals surface area contributed by atoms with Gasteiger partial charge in [-0.3, -0.25) is 9.80 Å². The minimum atomic E-state index is 0.330. The Morgan fingerprint density at radius 3 is 2.25 bits per heavy atom. The fourth-order valence-electron chi connectivity index (χ4n) is 3.16. The van der Waals surface area contributed by atoms with E-state index in [4.69, 9.17) is 21.1 Å². The number of halogens is 1. The monoisotopic (exact) mass is 345 g/mol. The van der Waals surface area contributed by atoms with Crippen molar-refractivity contribution in [3.05, 3.63) is 52.8 Å². The van der Waals surface area contributed by atoms with Gasteiger partial charge in [0.25, 0.3) is 0 Å². The third-order valence-electron chi connectivity index (χ3n) is 4.50. The van der Waals surface area contributed by atoms with E-state index in [1.54, 1.807) is 0 Å². The molecule has 6 heteroatoms. The number of fused-ring (bicyclic) bond motifs is 1. The molecule has 2 aromatic rings. The molecule has 1 aromatic heterocycles. The van der Waals surface area contributed by atoms with Crippen LogP contribution in [0, 0.1) is 0 Å². The molecule has 3 heterocycles. The van der Waals surface area contributed by atoms with Crippen LogP contribution in [-0.4, -0.2) is 47.8 Å². The summed E-state index contributed by atoms with van der Waals surface area (Å²) in [4.78, 5) is 9.09. The fraction of sp³-hybridized carbons (Fsp3) is 0.389. The highest BCUT2D eigenvalue weighted by molar-refractivity contribution is 6.29. The van der Waals surface area contributed by atoms with Crippen LogP contribution in [0.2, 0.25) is 5.15 Å². The highest BCUT2D eigenvalue weighted by Gasteiger charge is 2.19. The number of nitrogens with zero attached hydrogens (tertiary/aromatic N) is 3. The van der Waals surface area contributed by atoms with Crippen LogP contribution in [0.3, 0.4) is 0 Å². The summed E-state index contributed by atoms with van der Waals surface area (Å²) in [7, 11) is 0. The van der Waals surface area contributed by atoms with E-state index in [2.05, 4.69) is 26.9 Å². The summed E-state index contributed by atoms with van der Waals surface area (Å²) in [5.41, 5.74) is 2.48. The first-order chi connectivity index (χ1) is 11.8.